The molecular weight excluding hydrogens is 424 g/mol. The molecule has 1 saturated heterocycles. The Balaban J connectivity index is 1.43. The van der Waals surface area contributed by atoms with Crippen LogP contribution in [0.15, 0.2) is 65.7 Å². The molecule has 33 heavy (non-hydrogen) atoms. The first kappa shape index (κ1) is 21.1. The van der Waals surface area contributed by atoms with E-state index in [9.17, 15) is 13.6 Å². The highest BCUT2D eigenvalue weighted by molar-refractivity contribution is 6.04. The van der Waals surface area contributed by atoms with Gasteiger partial charge in [0.2, 0.25) is 0 Å². The van der Waals surface area contributed by atoms with E-state index in [0.717, 1.165) is 46.6 Å². The molecule has 0 saturated carbocycles. The number of fused-ring (bicyclic) bond motifs is 2. The maximum absolute atomic E-state index is 13.6. The molecular formula is C26H23F2N3O2. The summed E-state index contributed by atoms with van der Waals surface area (Å²) in [4.78, 5) is 21.7. The van der Waals surface area contributed by atoms with Crippen LogP contribution in [-0.4, -0.2) is 47.7 Å². The second kappa shape index (κ2) is 8.65. The predicted molar refractivity (Wildman–Crippen MR) is 122 cm³/mol. The number of aryl methyl sites for hydroxylation is 1. The molecule has 1 amide bonds. The van der Waals surface area contributed by atoms with Crippen molar-refractivity contribution in [3.63, 3.8) is 0 Å². The van der Waals surface area contributed by atoms with Gasteiger partial charge in [0.05, 0.1) is 5.56 Å². The first-order valence-corrected chi connectivity index (χ1v) is 10.9. The van der Waals surface area contributed by atoms with Crippen LogP contribution in [-0.2, 0) is 0 Å². The van der Waals surface area contributed by atoms with E-state index in [1.807, 2.05) is 49.4 Å². The topological polar surface area (TPSA) is 45.1 Å². The van der Waals surface area contributed by atoms with Crippen LogP contribution in [0.1, 0.15) is 27.9 Å². The third-order valence-corrected chi connectivity index (χ3v) is 5.88. The molecule has 0 radical (unpaired) electrons. The van der Waals surface area contributed by atoms with E-state index in [1.54, 1.807) is 4.90 Å². The van der Waals surface area contributed by atoms with E-state index in [-0.39, 0.29) is 11.5 Å². The number of benzene rings is 3. The second-order valence-corrected chi connectivity index (χ2v) is 8.30. The number of carbonyl (C=O) groups is 1. The van der Waals surface area contributed by atoms with Crippen molar-refractivity contribution in [2.75, 3.05) is 26.2 Å². The number of para-hydroxylation sites is 1. The van der Waals surface area contributed by atoms with Crippen molar-refractivity contribution in [3.8, 4) is 11.5 Å². The molecule has 0 spiro atoms. The Morgan fingerprint density at radius 3 is 2.52 bits per heavy atom. The molecule has 2 aliphatic heterocycles. The van der Waals surface area contributed by atoms with Gasteiger partial charge in [-0.25, -0.2) is 13.8 Å². The van der Waals surface area contributed by atoms with Crippen molar-refractivity contribution in [2.45, 2.75) is 13.3 Å². The summed E-state index contributed by atoms with van der Waals surface area (Å²) in [5.41, 5.74) is 2.75. The molecule has 0 aromatic heterocycles. The molecule has 168 valence electrons. The molecule has 3 aromatic rings. The third-order valence-electron chi connectivity index (χ3n) is 5.88. The summed E-state index contributed by atoms with van der Waals surface area (Å²) >= 11 is 0. The monoisotopic (exact) mass is 447 g/mol. The van der Waals surface area contributed by atoms with E-state index < -0.39 is 11.6 Å². The zero-order chi connectivity index (χ0) is 22.9. The first-order valence-electron chi connectivity index (χ1n) is 10.9. The molecule has 2 heterocycles. The lowest BCUT2D eigenvalue weighted by Crippen LogP contribution is -2.37. The van der Waals surface area contributed by atoms with E-state index in [4.69, 9.17) is 9.73 Å². The Kier molecular flexibility index (Phi) is 5.54. The van der Waals surface area contributed by atoms with Crippen LogP contribution in [0.25, 0.3) is 0 Å². The van der Waals surface area contributed by atoms with E-state index >= 15 is 0 Å². The highest BCUT2D eigenvalue weighted by atomic mass is 19.1. The summed E-state index contributed by atoms with van der Waals surface area (Å²) in [6.45, 7) is 4.15. The van der Waals surface area contributed by atoms with Crippen molar-refractivity contribution in [2.24, 2.45) is 4.99 Å². The maximum atomic E-state index is 13.6. The van der Waals surface area contributed by atoms with Gasteiger partial charge in [-0.15, -0.1) is 0 Å². The average molecular weight is 447 g/mol. The number of amides is 1. The number of aliphatic imine (C=N–C) groups is 1. The molecule has 0 unspecified atom stereocenters. The number of hydrogen-bond donors (Lipinski definition) is 0. The van der Waals surface area contributed by atoms with Gasteiger partial charge in [0.15, 0.2) is 5.75 Å². The Morgan fingerprint density at radius 2 is 1.70 bits per heavy atom. The fourth-order valence-electron chi connectivity index (χ4n) is 4.26. The number of amidine groups is 1. The standard InChI is InChI=1S/C26H23F2N3O2/c1-17-7-8-22-24(13-17)33-23-6-3-2-5-21(23)25(29-22)30-9-4-10-31(12-11-30)26(32)18-14-19(27)16-20(28)15-18/h2-3,5-8,13-16H,4,9-12H2,1H3. The lowest BCUT2D eigenvalue weighted by Gasteiger charge is -2.25. The third kappa shape index (κ3) is 4.31. The zero-order valence-electron chi connectivity index (χ0n) is 18.2. The molecule has 0 aliphatic carbocycles. The van der Waals surface area contributed by atoms with Crippen molar-refractivity contribution in [1.82, 2.24) is 9.80 Å². The van der Waals surface area contributed by atoms with Gasteiger partial charge in [-0.3, -0.25) is 4.79 Å². The molecule has 5 nitrogen and oxygen atoms in total. The molecule has 5 rings (SSSR count). The van der Waals surface area contributed by atoms with Crippen LogP contribution < -0.4 is 4.74 Å². The summed E-state index contributed by atoms with van der Waals surface area (Å²) in [6, 6.07) is 16.6. The van der Waals surface area contributed by atoms with E-state index in [0.29, 0.717) is 38.3 Å². The zero-order valence-corrected chi connectivity index (χ0v) is 18.2. The number of nitrogens with zero attached hydrogens (tertiary/aromatic N) is 3. The number of carbonyl (C=O) groups excluding carboxylic acids is 1. The molecule has 0 bridgehead atoms. The van der Waals surface area contributed by atoms with Gasteiger partial charge >= 0.3 is 0 Å². The highest BCUT2D eigenvalue weighted by Gasteiger charge is 2.26. The Hall–Kier alpha value is -3.74. The lowest BCUT2D eigenvalue weighted by atomic mass is 10.1. The predicted octanol–water partition coefficient (Wildman–Crippen LogP) is 5.31. The van der Waals surface area contributed by atoms with Crippen molar-refractivity contribution < 1.29 is 18.3 Å². The molecule has 0 N–H and O–H groups in total. The number of halogens is 2. The minimum atomic E-state index is -0.756. The Morgan fingerprint density at radius 1 is 0.909 bits per heavy atom. The first-order chi connectivity index (χ1) is 16.0. The normalized spacial score (nSPS) is 15.5. The van der Waals surface area contributed by atoms with Gasteiger partial charge in [-0.05, 0) is 55.3 Å². The Labute approximate surface area is 190 Å². The largest absolute Gasteiger partial charge is 0.454 e. The lowest BCUT2D eigenvalue weighted by molar-refractivity contribution is 0.0763. The smallest absolute Gasteiger partial charge is 0.254 e. The minimum Gasteiger partial charge on any atom is -0.454 e. The second-order valence-electron chi connectivity index (χ2n) is 8.30. The number of rotatable bonds is 1. The molecule has 2 aliphatic rings. The number of ether oxygens (including phenoxy) is 1. The minimum absolute atomic E-state index is 0.0239. The van der Waals surface area contributed by atoms with Crippen LogP contribution in [0.4, 0.5) is 14.5 Å². The van der Waals surface area contributed by atoms with Crippen molar-refractivity contribution >= 4 is 17.4 Å². The SMILES string of the molecule is Cc1ccc2c(c1)Oc1ccccc1C(N1CCCN(C(=O)c3cc(F)cc(F)c3)CC1)=N2. The van der Waals surface area contributed by atoms with E-state index in [2.05, 4.69) is 4.90 Å². The highest BCUT2D eigenvalue weighted by Crippen LogP contribution is 2.38. The molecule has 3 aromatic carbocycles. The number of hydrogen-bond acceptors (Lipinski definition) is 4. The van der Waals surface area contributed by atoms with Gasteiger partial charge in [0.1, 0.15) is 28.9 Å². The van der Waals surface area contributed by atoms with Crippen LogP contribution in [0, 0.1) is 18.6 Å². The summed E-state index contributed by atoms with van der Waals surface area (Å²) in [5, 5.41) is 0. The molecule has 7 heteroatoms. The van der Waals surface area contributed by atoms with Crippen LogP contribution in [0.2, 0.25) is 0 Å². The van der Waals surface area contributed by atoms with Crippen molar-refractivity contribution in [1.29, 1.82) is 0 Å². The fourth-order valence-corrected chi connectivity index (χ4v) is 4.26. The van der Waals surface area contributed by atoms with Crippen LogP contribution in [0.5, 0.6) is 11.5 Å². The van der Waals surface area contributed by atoms with E-state index in [1.165, 1.54) is 0 Å². The van der Waals surface area contributed by atoms with Gasteiger partial charge in [-0.2, -0.15) is 0 Å². The fraction of sp³-hybridized carbons (Fsp3) is 0.231. The maximum Gasteiger partial charge on any atom is 0.254 e. The van der Waals surface area contributed by atoms with Gasteiger partial charge < -0.3 is 14.5 Å². The van der Waals surface area contributed by atoms with Crippen LogP contribution >= 0.6 is 0 Å². The summed E-state index contributed by atoms with van der Waals surface area (Å²) in [7, 11) is 0. The van der Waals surface area contributed by atoms with Crippen LogP contribution in [0.3, 0.4) is 0 Å². The van der Waals surface area contributed by atoms with Gasteiger partial charge in [-0.1, -0.05) is 18.2 Å². The molecule has 0 atom stereocenters. The van der Waals surface area contributed by atoms with Gasteiger partial charge in [0, 0.05) is 37.8 Å². The molecule has 1 fully saturated rings. The summed E-state index contributed by atoms with van der Waals surface area (Å²) in [6.07, 6.45) is 0.701. The van der Waals surface area contributed by atoms with Gasteiger partial charge in [0.25, 0.3) is 5.91 Å². The van der Waals surface area contributed by atoms with Crippen molar-refractivity contribution in [3.05, 3.63) is 89.0 Å². The average Bonchev–Trinajstić information content (AvgIpc) is 3.12. The summed E-state index contributed by atoms with van der Waals surface area (Å²) in [5.74, 6) is 0.341. The summed E-state index contributed by atoms with van der Waals surface area (Å²) < 4.78 is 33.4. The Bertz CT molecular complexity index is 1240. The quantitative estimate of drug-likeness (QED) is 0.508.